The first-order chi connectivity index (χ1) is 6.07. The molecule has 0 spiro atoms. The second kappa shape index (κ2) is 3.59. The molecular formula is C10H8ClNO. The molecule has 0 radical (unpaired) electrons. The molecule has 0 saturated carbocycles. The molecule has 0 bridgehead atoms. The molecular weight excluding hydrogens is 186 g/mol. The molecule has 3 heteroatoms. The Morgan fingerprint density at radius 3 is 2.62 bits per heavy atom. The van der Waals surface area contributed by atoms with E-state index in [9.17, 15) is 4.79 Å². The van der Waals surface area contributed by atoms with Gasteiger partial charge in [-0.25, -0.2) is 0 Å². The van der Waals surface area contributed by atoms with Gasteiger partial charge in [-0.15, -0.1) is 0 Å². The number of carbonyl (C=O) groups excluding carboxylic acids is 1. The molecule has 2 nitrogen and oxygen atoms in total. The molecule has 0 aromatic heterocycles. The first-order valence-corrected chi connectivity index (χ1v) is 4.16. The van der Waals surface area contributed by atoms with E-state index in [1.54, 1.807) is 19.1 Å². The summed E-state index contributed by atoms with van der Waals surface area (Å²) >= 11 is 5.77. The maximum Gasteiger partial charge on any atom is 0.160 e. The third kappa shape index (κ3) is 1.71. The van der Waals surface area contributed by atoms with Crippen molar-refractivity contribution in [3.63, 3.8) is 0 Å². The Kier molecular flexibility index (Phi) is 2.69. The Morgan fingerprint density at radius 2 is 2.15 bits per heavy atom. The summed E-state index contributed by atoms with van der Waals surface area (Å²) in [5, 5.41) is 9.15. The Labute approximate surface area is 81.7 Å². The smallest absolute Gasteiger partial charge is 0.160 e. The van der Waals surface area contributed by atoms with Crippen molar-refractivity contribution in [3.05, 3.63) is 33.8 Å². The van der Waals surface area contributed by atoms with Crippen LogP contribution < -0.4 is 0 Å². The highest BCUT2D eigenvalue weighted by Gasteiger charge is 2.10. The van der Waals surface area contributed by atoms with Gasteiger partial charge in [0.1, 0.15) is 6.07 Å². The third-order valence-electron chi connectivity index (χ3n) is 1.91. The number of benzene rings is 1. The lowest BCUT2D eigenvalue weighted by atomic mass is 10.0. The minimum atomic E-state index is -0.0503. The standard InChI is InChI=1S/C10H8ClNO/c1-6-8(7(2)13)3-4-10(11)9(6)5-12/h3-4H,1-2H3. The Bertz CT molecular complexity index is 404. The van der Waals surface area contributed by atoms with Gasteiger partial charge in [0, 0.05) is 5.56 Å². The van der Waals surface area contributed by atoms with Gasteiger partial charge in [0.2, 0.25) is 0 Å². The van der Waals surface area contributed by atoms with Crippen LogP contribution in [0.2, 0.25) is 5.02 Å². The van der Waals surface area contributed by atoms with Crippen LogP contribution in [0.4, 0.5) is 0 Å². The van der Waals surface area contributed by atoms with Crippen molar-refractivity contribution in [3.8, 4) is 6.07 Å². The molecule has 0 saturated heterocycles. The van der Waals surface area contributed by atoms with E-state index in [4.69, 9.17) is 16.9 Å². The Morgan fingerprint density at radius 1 is 1.54 bits per heavy atom. The molecule has 1 rings (SSSR count). The van der Waals surface area contributed by atoms with Crippen LogP contribution in [-0.2, 0) is 0 Å². The number of halogens is 1. The predicted molar refractivity (Wildman–Crippen MR) is 50.9 cm³/mol. The van der Waals surface area contributed by atoms with E-state index in [-0.39, 0.29) is 5.78 Å². The van der Waals surface area contributed by atoms with Crippen LogP contribution in [0.1, 0.15) is 28.4 Å². The highest BCUT2D eigenvalue weighted by atomic mass is 35.5. The molecule has 0 aliphatic heterocycles. The van der Waals surface area contributed by atoms with Crippen molar-refractivity contribution in [1.29, 1.82) is 5.26 Å². The highest BCUT2D eigenvalue weighted by Crippen LogP contribution is 2.22. The van der Waals surface area contributed by atoms with Gasteiger partial charge >= 0.3 is 0 Å². The summed E-state index contributed by atoms with van der Waals surface area (Å²) in [7, 11) is 0. The first kappa shape index (κ1) is 9.76. The van der Waals surface area contributed by atoms with Gasteiger partial charge in [-0.3, -0.25) is 4.79 Å². The molecule has 0 atom stereocenters. The normalized spacial score (nSPS) is 9.38. The van der Waals surface area contributed by atoms with E-state index in [0.29, 0.717) is 21.7 Å². The van der Waals surface area contributed by atoms with Gasteiger partial charge in [-0.05, 0) is 31.5 Å². The largest absolute Gasteiger partial charge is 0.295 e. The van der Waals surface area contributed by atoms with Crippen LogP contribution in [0, 0.1) is 18.3 Å². The van der Waals surface area contributed by atoms with E-state index >= 15 is 0 Å². The fourth-order valence-electron chi connectivity index (χ4n) is 1.20. The van der Waals surface area contributed by atoms with Crippen molar-refractivity contribution in [1.82, 2.24) is 0 Å². The van der Waals surface area contributed by atoms with Crippen LogP contribution in [0.5, 0.6) is 0 Å². The van der Waals surface area contributed by atoms with Gasteiger partial charge in [0.05, 0.1) is 10.6 Å². The van der Waals surface area contributed by atoms with Crippen LogP contribution in [0.15, 0.2) is 12.1 Å². The maximum atomic E-state index is 11.1. The van der Waals surface area contributed by atoms with Crippen molar-refractivity contribution < 1.29 is 4.79 Å². The Balaban J connectivity index is 3.47. The molecule has 1 aromatic rings. The minimum absolute atomic E-state index is 0.0503. The quantitative estimate of drug-likeness (QED) is 0.644. The van der Waals surface area contributed by atoms with Crippen molar-refractivity contribution in [2.45, 2.75) is 13.8 Å². The topological polar surface area (TPSA) is 40.9 Å². The number of hydrogen-bond acceptors (Lipinski definition) is 2. The van der Waals surface area contributed by atoms with Crippen molar-refractivity contribution >= 4 is 17.4 Å². The molecule has 0 fully saturated rings. The predicted octanol–water partition coefficient (Wildman–Crippen LogP) is 2.72. The second-order valence-corrected chi connectivity index (χ2v) is 3.17. The van der Waals surface area contributed by atoms with Crippen LogP contribution in [0.25, 0.3) is 0 Å². The van der Waals surface area contributed by atoms with E-state index < -0.39 is 0 Å². The summed E-state index contributed by atoms with van der Waals surface area (Å²) in [5.41, 5.74) is 1.60. The van der Waals surface area contributed by atoms with Gasteiger partial charge in [0.25, 0.3) is 0 Å². The molecule has 0 amide bonds. The van der Waals surface area contributed by atoms with Gasteiger partial charge in [-0.1, -0.05) is 11.6 Å². The van der Waals surface area contributed by atoms with Crippen molar-refractivity contribution in [2.24, 2.45) is 0 Å². The zero-order chi connectivity index (χ0) is 10.0. The van der Waals surface area contributed by atoms with E-state index in [2.05, 4.69) is 0 Å². The average molecular weight is 194 g/mol. The lowest BCUT2D eigenvalue weighted by molar-refractivity contribution is 0.101. The SMILES string of the molecule is CC(=O)c1ccc(Cl)c(C#N)c1C. The van der Waals surface area contributed by atoms with Crippen molar-refractivity contribution in [2.75, 3.05) is 0 Å². The second-order valence-electron chi connectivity index (χ2n) is 2.76. The molecule has 0 N–H and O–H groups in total. The third-order valence-corrected chi connectivity index (χ3v) is 2.22. The number of nitriles is 1. The molecule has 0 aliphatic carbocycles. The summed E-state index contributed by atoms with van der Waals surface area (Å²) in [6.07, 6.45) is 0. The lowest BCUT2D eigenvalue weighted by Gasteiger charge is -2.04. The number of Topliss-reactive ketones (excluding diaryl/α,β-unsaturated/α-hetero) is 1. The molecule has 66 valence electrons. The molecule has 1 aromatic carbocycles. The zero-order valence-electron chi connectivity index (χ0n) is 7.39. The first-order valence-electron chi connectivity index (χ1n) is 3.78. The summed E-state index contributed by atoms with van der Waals surface area (Å²) in [5.74, 6) is -0.0503. The summed E-state index contributed by atoms with van der Waals surface area (Å²) in [6.45, 7) is 3.19. The minimum Gasteiger partial charge on any atom is -0.295 e. The number of hydrogen-bond donors (Lipinski definition) is 0. The van der Waals surface area contributed by atoms with Gasteiger partial charge < -0.3 is 0 Å². The molecule has 0 heterocycles. The fraction of sp³-hybridized carbons (Fsp3) is 0.200. The number of rotatable bonds is 1. The summed E-state index contributed by atoms with van der Waals surface area (Å²) < 4.78 is 0. The molecule has 13 heavy (non-hydrogen) atoms. The molecule has 0 unspecified atom stereocenters. The van der Waals surface area contributed by atoms with Gasteiger partial charge in [-0.2, -0.15) is 5.26 Å². The number of ketones is 1. The van der Waals surface area contributed by atoms with E-state index in [1.165, 1.54) is 6.92 Å². The summed E-state index contributed by atoms with van der Waals surface area (Å²) in [6, 6.07) is 5.19. The molecule has 0 aliphatic rings. The van der Waals surface area contributed by atoms with Crippen LogP contribution >= 0.6 is 11.6 Å². The summed E-state index contributed by atoms with van der Waals surface area (Å²) in [4.78, 5) is 11.1. The van der Waals surface area contributed by atoms with Gasteiger partial charge in [0.15, 0.2) is 5.78 Å². The number of nitrogens with zero attached hydrogens (tertiary/aromatic N) is 1. The zero-order valence-corrected chi connectivity index (χ0v) is 8.14. The monoisotopic (exact) mass is 193 g/mol. The Hall–Kier alpha value is -1.33. The lowest BCUT2D eigenvalue weighted by Crippen LogP contribution is -1.98. The van der Waals surface area contributed by atoms with Crippen LogP contribution in [0.3, 0.4) is 0 Å². The van der Waals surface area contributed by atoms with E-state index in [1.807, 2.05) is 6.07 Å². The fourth-order valence-corrected chi connectivity index (χ4v) is 1.44. The number of carbonyl (C=O) groups is 1. The maximum absolute atomic E-state index is 11.1. The average Bonchev–Trinajstić information content (AvgIpc) is 2.04. The highest BCUT2D eigenvalue weighted by molar-refractivity contribution is 6.32. The van der Waals surface area contributed by atoms with E-state index in [0.717, 1.165) is 0 Å². The van der Waals surface area contributed by atoms with Crippen LogP contribution in [-0.4, -0.2) is 5.78 Å².